The summed E-state index contributed by atoms with van der Waals surface area (Å²) in [7, 11) is 0. The summed E-state index contributed by atoms with van der Waals surface area (Å²) in [4.78, 5) is 0. The summed E-state index contributed by atoms with van der Waals surface area (Å²) in [5.74, 6) is 0.0393. The van der Waals surface area contributed by atoms with Gasteiger partial charge in [0.15, 0.2) is 0 Å². The molecule has 0 fully saturated rings. The zero-order chi connectivity index (χ0) is 12.3. The molecule has 2 aromatic carbocycles. The van der Waals surface area contributed by atoms with Crippen molar-refractivity contribution in [1.82, 2.24) is 0 Å². The van der Waals surface area contributed by atoms with E-state index in [1.807, 2.05) is 18.2 Å². The number of aryl methyl sites for hydroxylation is 1. The molecule has 0 heterocycles. The fraction of sp³-hybridized carbons (Fsp3) is 0.200. The number of hydrogen-bond donors (Lipinski definition) is 1. The number of benzene rings is 2. The zero-order valence-electron chi connectivity index (χ0n) is 9.68. The summed E-state index contributed by atoms with van der Waals surface area (Å²) < 4.78 is -0.419. The van der Waals surface area contributed by atoms with Crippen LogP contribution in [-0.2, 0) is 0 Å². The van der Waals surface area contributed by atoms with Gasteiger partial charge in [-0.1, -0.05) is 82.8 Å². The SMILES string of the molecule is Cc1ccc(C(c2ccccc2)C(O)I)cc1. The lowest BCUT2D eigenvalue weighted by Gasteiger charge is -2.20. The van der Waals surface area contributed by atoms with Crippen LogP contribution in [0.3, 0.4) is 0 Å². The van der Waals surface area contributed by atoms with Gasteiger partial charge in [-0.2, -0.15) is 0 Å². The lowest BCUT2D eigenvalue weighted by atomic mass is 9.91. The first-order valence-electron chi connectivity index (χ1n) is 5.62. The van der Waals surface area contributed by atoms with Crippen molar-refractivity contribution in [1.29, 1.82) is 0 Å². The van der Waals surface area contributed by atoms with Crippen molar-refractivity contribution in [2.75, 3.05) is 0 Å². The summed E-state index contributed by atoms with van der Waals surface area (Å²) in [6.45, 7) is 2.07. The van der Waals surface area contributed by atoms with E-state index in [1.54, 1.807) is 0 Å². The summed E-state index contributed by atoms with van der Waals surface area (Å²) >= 11 is 2.08. The summed E-state index contributed by atoms with van der Waals surface area (Å²) in [6, 6.07) is 18.5. The van der Waals surface area contributed by atoms with Crippen molar-refractivity contribution in [3.63, 3.8) is 0 Å². The molecule has 2 unspecified atom stereocenters. The molecule has 2 rings (SSSR count). The van der Waals surface area contributed by atoms with Crippen LogP contribution in [0.25, 0.3) is 0 Å². The lowest BCUT2D eigenvalue weighted by Crippen LogP contribution is -2.13. The third kappa shape index (κ3) is 3.07. The van der Waals surface area contributed by atoms with Gasteiger partial charge in [0.2, 0.25) is 0 Å². The van der Waals surface area contributed by atoms with Gasteiger partial charge >= 0.3 is 0 Å². The molecular formula is C15H15IO. The van der Waals surface area contributed by atoms with Gasteiger partial charge in [-0.25, -0.2) is 0 Å². The van der Waals surface area contributed by atoms with E-state index in [0.29, 0.717) is 0 Å². The molecule has 0 bridgehead atoms. The Morgan fingerprint density at radius 3 is 1.94 bits per heavy atom. The minimum atomic E-state index is -0.419. The molecule has 0 spiro atoms. The Hall–Kier alpha value is -0.870. The van der Waals surface area contributed by atoms with Gasteiger partial charge < -0.3 is 5.11 Å². The Kier molecular flexibility index (Phi) is 4.18. The van der Waals surface area contributed by atoms with Crippen LogP contribution in [0, 0.1) is 6.92 Å². The number of rotatable bonds is 3. The Labute approximate surface area is 116 Å². The maximum atomic E-state index is 9.97. The van der Waals surface area contributed by atoms with E-state index in [-0.39, 0.29) is 5.92 Å². The minimum Gasteiger partial charge on any atom is -0.382 e. The Morgan fingerprint density at radius 1 is 0.882 bits per heavy atom. The van der Waals surface area contributed by atoms with E-state index in [9.17, 15) is 5.11 Å². The fourth-order valence-electron chi connectivity index (χ4n) is 1.94. The predicted octanol–water partition coefficient (Wildman–Crippen LogP) is 3.88. The molecule has 0 radical (unpaired) electrons. The molecule has 0 saturated carbocycles. The van der Waals surface area contributed by atoms with Gasteiger partial charge in [0, 0.05) is 5.92 Å². The van der Waals surface area contributed by atoms with Crippen LogP contribution in [0.2, 0.25) is 0 Å². The van der Waals surface area contributed by atoms with Crippen LogP contribution in [0.15, 0.2) is 54.6 Å². The van der Waals surface area contributed by atoms with E-state index >= 15 is 0 Å². The van der Waals surface area contributed by atoms with Crippen LogP contribution >= 0.6 is 22.6 Å². The molecule has 1 N–H and O–H groups in total. The largest absolute Gasteiger partial charge is 0.382 e. The molecule has 1 nitrogen and oxygen atoms in total. The second kappa shape index (κ2) is 5.65. The van der Waals surface area contributed by atoms with Crippen LogP contribution in [0.1, 0.15) is 22.6 Å². The normalized spacial score (nSPS) is 14.3. The summed E-state index contributed by atoms with van der Waals surface area (Å²) in [5, 5.41) is 9.97. The average molecular weight is 338 g/mol. The quantitative estimate of drug-likeness (QED) is 0.665. The molecule has 2 atom stereocenters. The molecule has 88 valence electrons. The molecule has 0 aliphatic carbocycles. The van der Waals surface area contributed by atoms with Crippen LogP contribution in [0.4, 0.5) is 0 Å². The van der Waals surface area contributed by atoms with E-state index < -0.39 is 4.11 Å². The van der Waals surface area contributed by atoms with Gasteiger partial charge in [-0.15, -0.1) is 0 Å². The zero-order valence-corrected chi connectivity index (χ0v) is 11.8. The Morgan fingerprint density at radius 2 is 1.41 bits per heavy atom. The highest BCUT2D eigenvalue weighted by Crippen LogP contribution is 2.31. The second-order valence-corrected chi connectivity index (χ2v) is 5.45. The van der Waals surface area contributed by atoms with Crippen LogP contribution in [-0.4, -0.2) is 9.22 Å². The maximum absolute atomic E-state index is 9.97. The average Bonchev–Trinajstić information content (AvgIpc) is 2.33. The molecule has 0 saturated heterocycles. The van der Waals surface area contributed by atoms with E-state index in [0.717, 1.165) is 11.1 Å². The monoisotopic (exact) mass is 338 g/mol. The second-order valence-electron chi connectivity index (χ2n) is 4.17. The molecule has 0 aromatic heterocycles. The van der Waals surface area contributed by atoms with Gasteiger partial charge in [0.25, 0.3) is 0 Å². The highest BCUT2D eigenvalue weighted by atomic mass is 127. The first-order valence-corrected chi connectivity index (χ1v) is 6.86. The Balaban J connectivity index is 2.39. The highest BCUT2D eigenvalue weighted by Gasteiger charge is 2.20. The third-order valence-corrected chi connectivity index (χ3v) is 3.59. The Bertz CT molecular complexity index is 462. The lowest BCUT2D eigenvalue weighted by molar-refractivity contribution is 0.261. The predicted molar refractivity (Wildman–Crippen MR) is 79.5 cm³/mol. The highest BCUT2D eigenvalue weighted by molar-refractivity contribution is 14.1. The van der Waals surface area contributed by atoms with Gasteiger partial charge in [-0.05, 0) is 18.1 Å². The molecule has 2 heteroatoms. The standard InChI is InChI=1S/C15H15IO/c1-11-7-9-13(10-8-11)14(15(16)17)12-5-3-2-4-6-12/h2-10,14-15,17H,1H3. The fourth-order valence-corrected chi connectivity index (χ4v) is 2.77. The maximum Gasteiger partial charge on any atom is 0.116 e. The molecule has 17 heavy (non-hydrogen) atoms. The van der Waals surface area contributed by atoms with E-state index in [2.05, 4.69) is 65.9 Å². The topological polar surface area (TPSA) is 20.2 Å². The van der Waals surface area contributed by atoms with Gasteiger partial charge in [0.05, 0.1) is 0 Å². The number of halogens is 1. The van der Waals surface area contributed by atoms with E-state index in [4.69, 9.17) is 0 Å². The van der Waals surface area contributed by atoms with Crippen molar-refractivity contribution in [2.24, 2.45) is 0 Å². The number of aliphatic hydroxyl groups is 1. The van der Waals surface area contributed by atoms with Gasteiger partial charge in [-0.3, -0.25) is 0 Å². The van der Waals surface area contributed by atoms with E-state index in [1.165, 1.54) is 5.56 Å². The molecule has 0 aliphatic heterocycles. The number of alkyl halides is 1. The molecule has 2 aromatic rings. The number of aliphatic hydroxyl groups excluding tert-OH is 1. The minimum absolute atomic E-state index is 0.0393. The first kappa shape index (κ1) is 12.6. The molecule has 0 aliphatic rings. The van der Waals surface area contributed by atoms with Gasteiger partial charge in [0.1, 0.15) is 4.11 Å². The van der Waals surface area contributed by atoms with Crippen LogP contribution < -0.4 is 0 Å². The van der Waals surface area contributed by atoms with Crippen molar-refractivity contribution >= 4 is 22.6 Å². The summed E-state index contributed by atoms with van der Waals surface area (Å²) in [5.41, 5.74) is 3.55. The molecule has 0 amide bonds. The van der Waals surface area contributed by atoms with Crippen molar-refractivity contribution in [3.05, 3.63) is 71.3 Å². The van der Waals surface area contributed by atoms with Crippen molar-refractivity contribution in [3.8, 4) is 0 Å². The molecular weight excluding hydrogens is 323 g/mol. The smallest absolute Gasteiger partial charge is 0.116 e. The summed E-state index contributed by atoms with van der Waals surface area (Å²) in [6.07, 6.45) is 0. The third-order valence-electron chi connectivity index (χ3n) is 2.87. The number of hydrogen-bond acceptors (Lipinski definition) is 1. The van der Waals surface area contributed by atoms with Crippen molar-refractivity contribution < 1.29 is 5.11 Å². The first-order chi connectivity index (χ1) is 8.18. The van der Waals surface area contributed by atoms with Crippen LogP contribution in [0.5, 0.6) is 0 Å². The van der Waals surface area contributed by atoms with Crippen molar-refractivity contribution in [2.45, 2.75) is 17.0 Å².